The number of pyridine rings is 1. The molecule has 0 aliphatic carbocycles. The molecule has 4 rings (SSSR count). The van der Waals surface area contributed by atoms with Gasteiger partial charge in [-0.25, -0.2) is 0 Å². The normalized spacial score (nSPS) is 19.9. The molecule has 1 fully saturated rings. The monoisotopic (exact) mass is 368 g/mol. The van der Waals surface area contributed by atoms with E-state index >= 15 is 0 Å². The third kappa shape index (κ3) is 2.90. The molecule has 1 aliphatic heterocycles. The molecule has 0 bridgehead atoms. The quantitative estimate of drug-likeness (QED) is 0.700. The van der Waals surface area contributed by atoms with Crippen LogP contribution in [0.2, 0.25) is 5.02 Å². The number of rotatable bonds is 3. The van der Waals surface area contributed by atoms with E-state index in [1.165, 1.54) is 0 Å². The van der Waals surface area contributed by atoms with E-state index in [4.69, 9.17) is 23.8 Å². The van der Waals surface area contributed by atoms with E-state index in [0.29, 0.717) is 10.1 Å². The van der Waals surface area contributed by atoms with Gasteiger partial charge >= 0.3 is 0 Å². The fourth-order valence-corrected chi connectivity index (χ4v) is 3.79. The lowest BCUT2D eigenvalue weighted by Crippen LogP contribution is -2.30. The van der Waals surface area contributed by atoms with E-state index in [2.05, 4.69) is 25.8 Å². The van der Waals surface area contributed by atoms with Crippen molar-refractivity contribution in [3.8, 4) is 0 Å². The van der Waals surface area contributed by atoms with Gasteiger partial charge in [-0.3, -0.25) is 4.98 Å². The molecule has 6 heteroatoms. The molecule has 1 aliphatic rings. The van der Waals surface area contributed by atoms with Crippen LogP contribution in [0, 0.1) is 0 Å². The van der Waals surface area contributed by atoms with Gasteiger partial charge in [-0.1, -0.05) is 17.7 Å². The molecule has 126 valence electrons. The van der Waals surface area contributed by atoms with Crippen LogP contribution >= 0.6 is 23.8 Å². The Kier molecular flexibility index (Phi) is 4.19. The summed E-state index contributed by atoms with van der Waals surface area (Å²) in [5.74, 6) is 0. The second-order valence-corrected chi connectivity index (χ2v) is 6.84. The van der Waals surface area contributed by atoms with E-state index in [-0.39, 0.29) is 12.1 Å². The largest absolute Gasteiger partial charge is 0.353 e. The third-order valence-electron chi connectivity index (χ3n) is 4.49. The molecule has 0 spiro atoms. The van der Waals surface area contributed by atoms with E-state index in [1.807, 2.05) is 68.0 Å². The molecule has 2 aromatic heterocycles. The summed E-state index contributed by atoms with van der Waals surface area (Å²) >= 11 is 11.7. The number of halogens is 1. The van der Waals surface area contributed by atoms with Crippen LogP contribution in [0.3, 0.4) is 0 Å². The average molecular weight is 369 g/mol. The predicted octanol–water partition coefficient (Wildman–Crippen LogP) is 4.25. The average Bonchev–Trinajstić information content (AvgIpc) is 3.19. The SMILES string of the molecule is Cn1cccc1[C@@H]1[C@H](c2ccccn2)NC(=S)N1c1ccc(Cl)cc1. The van der Waals surface area contributed by atoms with E-state index in [9.17, 15) is 0 Å². The third-order valence-corrected chi connectivity index (χ3v) is 5.06. The van der Waals surface area contributed by atoms with Crippen molar-refractivity contribution in [3.05, 3.63) is 83.4 Å². The van der Waals surface area contributed by atoms with Crippen LogP contribution in [0.25, 0.3) is 0 Å². The van der Waals surface area contributed by atoms with Crippen molar-refractivity contribution in [1.29, 1.82) is 0 Å². The molecule has 0 unspecified atom stereocenters. The maximum absolute atomic E-state index is 6.06. The minimum atomic E-state index is -0.0296. The van der Waals surface area contributed by atoms with Gasteiger partial charge in [-0.2, -0.15) is 0 Å². The number of nitrogens with zero attached hydrogens (tertiary/aromatic N) is 3. The van der Waals surface area contributed by atoms with Gasteiger partial charge in [0.05, 0.1) is 11.7 Å². The molecular weight excluding hydrogens is 352 g/mol. The molecule has 4 nitrogen and oxygen atoms in total. The topological polar surface area (TPSA) is 33.1 Å². The number of hydrogen-bond acceptors (Lipinski definition) is 2. The number of aryl methyl sites for hydroxylation is 1. The Morgan fingerprint density at radius 2 is 1.88 bits per heavy atom. The predicted molar refractivity (Wildman–Crippen MR) is 105 cm³/mol. The first-order valence-corrected chi connectivity index (χ1v) is 8.81. The Labute approximate surface area is 157 Å². The first-order valence-electron chi connectivity index (χ1n) is 8.02. The van der Waals surface area contributed by atoms with Crippen molar-refractivity contribution in [1.82, 2.24) is 14.9 Å². The van der Waals surface area contributed by atoms with Crippen molar-refractivity contribution in [3.63, 3.8) is 0 Å². The fraction of sp³-hybridized carbons (Fsp3) is 0.158. The molecule has 1 saturated heterocycles. The molecule has 0 saturated carbocycles. The molecular formula is C19H17ClN4S. The zero-order valence-corrected chi connectivity index (χ0v) is 15.2. The van der Waals surface area contributed by atoms with Crippen LogP contribution in [0.4, 0.5) is 5.69 Å². The Bertz CT molecular complexity index is 891. The number of benzene rings is 1. The first kappa shape index (κ1) is 16.1. The second kappa shape index (κ2) is 6.50. The van der Waals surface area contributed by atoms with Crippen LogP contribution in [-0.2, 0) is 7.05 Å². The zero-order valence-electron chi connectivity index (χ0n) is 13.6. The van der Waals surface area contributed by atoms with Gasteiger partial charge in [0.15, 0.2) is 5.11 Å². The molecule has 1 N–H and O–H groups in total. The van der Waals surface area contributed by atoms with Gasteiger partial charge in [-0.05, 0) is 60.7 Å². The lowest BCUT2D eigenvalue weighted by atomic mass is 10.0. The van der Waals surface area contributed by atoms with Crippen molar-refractivity contribution in [2.24, 2.45) is 7.05 Å². The van der Waals surface area contributed by atoms with Gasteiger partial charge in [0.1, 0.15) is 6.04 Å². The van der Waals surface area contributed by atoms with Gasteiger partial charge < -0.3 is 14.8 Å². The van der Waals surface area contributed by atoms with Crippen LogP contribution < -0.4 is 10.2 Å². The summed E-state index contributed by atoms with van der Waals surface area (Å²) < 4.78 is 2.12. The van der Waals surface area contributed by atoms with Crippen molar-refractivity contribution in [2.45, 2.75) is 12.1 Å². The van der Waals surface area contributed by atoms with Crippen LogP contribution in [0.1, 0.15) is 23.5 Å². The number of thiocarbonyl (C=S) groups is 1. The van der Waals surface area contributed by atoms with Crippen LogP contribution in [0.5, 0.6) is 0 Å². The zero-order chi connectivity index (χ0) is 17.4. The summed E-state index contributed by atoms with van der Waals surface area (Å²) in [4.78, 5) is 6.69. The highest BCUT2D eigenvalue weighted by molar-refractivity contribution is 7.80. The molecule has 0 radical (unpaired) electrons. The molecule has 3 aromatic rings. The highest BCUT2D eigenvalue weighted by Gasteiger charge is 2.41. The number of anilines is 1. The van der Waals surface area contributed by atoms with Crippen LogP contribution in [-0.4, -0.2) is 14.7 Å². The maximum atomic E-state index is 6.06. The standard InChI is InChI=1S/C19H17ClN4S/c1-23-12-4-6-16(23)18-17(15-5-2-3-11-21-15)22-19(25)24(18)14-9-7-13(20)8-10-14/h2-12,17-18H,1H3,(H,22,25)/t17-,18+/m0/s1. The van der Waals surface area contributed by atoms with Gasteiger partial charge in [0, 0.05) is 35.8 Å². The molecule has 25 heavy (non-hydrogen) atoms. The lowest BCUT2D eigenvalue weighted by molar-refractivity contribution is 0.541. The minimum Gasteiger partial charge on any atom is -0.353 e. The minimum absolute atomic E-state index is 0.00331. The number of nitrogens with one attached hydrogen (secondary N) is 1. The summed E-state index contributed by atoms with van der Waals surface area (Å²) in [6.07, 6.45) is 3.86. The number of hydrogen-bond donors (Lipinski definition) is 1. The van der Waals surface area contributed by atoms with Gasteiger partial charge in [0.25, 0.3) is 0 Å². The highest BCUT2D eigenvalue weighted by Crippen LogP contribution is 2.41. The second-order valence-electron chi connectivity index (χ2n) is 6.02. The summed E-state index contributed by atoms with van der Waals surface area (Å²) in [7, 11) is 2.05. The Hall–Kier alpha value is -2.37. The molecule has 3 heterocycles. The van der Waals surface area contributed by atoms with Gasteiger partial charge in [-0.15, -0.1) is 0 Å². The number of aromatic nitrogens is 2. The van der Waals surface area contributed by atoms with E-state index < -0.39 is 0 Å². The first-order chi connectivity index (χ1) is 12.1. The van der Waals surface area contributed by atoms with Crippen molar-refractivity contribution in [2.75, 3.05) is 4.90 Å². The Morgan fingerprint density at radius 3 is 2.52 bits per heavy atom. The Balaban J connectivity index is 1.83. The smallest absolute Gasteiger partial charge is 0.174 e. The van der Waals surface area contributed by atoms with E-state index in [1.54, 1.807) is 0 Å². The lowest BCUT2D eigenvalue weighted by Gasteiger charge is -2.28. The maximum Gasteiger partial charge on any atom is 0.174 e. The van der Waals surface area contributed by atoms with Crippen molar-refractivity contribution >= 4 is 34.6 Å². The van der Waals surface area contributed by atoms with E-state index in [0.717, 1.165) is 17.1 Å². The van der Waals surface area contributed by atoms with Gasteiger partial charge in [0.2, 0.25) is 0 Å². The summed E-state index contributed by atoms with van der Waals surface area (Å²) in [6.45, 7) is 0. The fourth-order valence-electron chi connectivity index (χ4n) is 3.32. The molecule has 0 amide bonds. The molecule has 2 atom stereocenters. The van der Waals surface area contributed by atoms with Crippen LogP contribution in [0.15, 0.2) is 67.0 Å². The summed E-state index contributed by atoms with van der Waals surface area (Å²) in [5, 5.41) is 4.84. The molecule has 1 aromatic carbocycles. The summed E-state index contributed by atoms with van der Waals surface area (Å²) in [5.41, 5.74) is 3.14. The Morgan fingerprint density at radius 1 is 1.08 bits per heavy atom. The highest BCUT2D eigenvalue weighted by atomic mass is 35.5. The van der Waals surface area contributed by atoms with Crippen molar-refractivity contribution < 1.29 is 0 Å². The summed E-state index contributed by atoms with van der Waals surface area (Å²) in [6, 6.07) is 17.9.